The third-order valence-electron chi connectivity index (χ3n) is 3.84. The van der Waals surface area contributed by atoms with E-state index >= 15 is 0 Å². The normalized spacial score (nSPS) is 27.3. The van der Waals surface area contributed by atoms with Crippen LogP contribution in [0.3, 0.4) is 0 Å². The number of phosphoric ester groups is 1. The number of fused-ring (bicyclic) bond motifs is 1. The molecule has 1 saturated heterocycles. The fourth-order valence-electron chi connectivity index (χ4n) is 2.62. The lowest BCUT2D eigenvalue weighted by Crippen LogP contribution is -2.39. The minimum absolute atomic E-state index is 0.0434. The van der Waals surface area contributed by atoms with Gasteiger partial charge >= 0.3 is 29.4 Å². The van der Waals surface area contributed by atoms with Crippen LogP contribution in [0.2, 0.25) is 0 Å². The number of nitrogen functional groups attached to an aromatic ring is 1. The van der Waals surface area contributed by atoms with Crippen LogP contribution in [0, 0.1) is 0 Å². The molecule has 0 spiro atoms. The molecule has 32 heavy (non-hydrogen) atoms. The number of ether oxygens (including phenoxy) is 1. The topological polar surface area (TPSA) is 259 Å². The van der Waals surface area contributed by atoms with Gasteiger partial charge in [-0.3, -0.25) is 9.09 Å². The molecular formula is C10H14F2N5O12P3. The van der Waals surface area contributed by atoms with Crippen molar-refractivity contribution in [3.05, 3.63) is 12.7 Å². The zero-order valence-corrected chi connectivity index (χ0v) is 17.8. The van der Waals surface area contributed by atoms with Gasteiger partial charge in [0.15, 0.2) is 17.6 Å². The zero-order valence-electron chi connectivity index (χ0n) is 15.2. The molecule has 0 aliphatic carbocycles. The molecular weight excluding hydrogens is 513 g/mol. The molecule has 0 aromatic carbocycles. The first-order valence-electron chi connectivity index (χ1n) is 7.95. The Morgan fingerprint density at radius 3 is 2.41 bits per heavy atom. The first kappa shape index (κ1) is 25.2. The number of hydrogen-bond acceptors (Lipinski definition) is 12. The van der Waals surface area contributed by atoms with Crippen LogP contribution in [0.4, 0.5) is 14.6 Å². The average molecular weight is 527 g/mol. The second kappa shape index (κ2) is 8.39. The van der Waals surface area contributed by atoms with Crippen molar-refractivity contribution in [2.45, 2.75) is 24.4 Å². The van der Waals surface area contributed by atoms with E-state index in [9.17, 15) is 32.5 Å². The summed E-state index contributed by atoms with van der Waals surface area (Å²) in [7, 11) is -17.1. The van der Waals surface area contributed by atoms with Crippen molar-refractivity contribution in [3.63, 3.8) is 0 Å². The highest BCUT2D eigenvalue weighted by Crippen LogP contribution is 2.66. The van der Waals surface area contributed by atoms with Gasteiger partial charge in [0, 0.05) is 0 Å². The van der Waals surface area contributed by atoms with E-state index in [1.165, 1.54) is 0 Å². The lowest BCUT2D eigenvalue weighted by Gasteiger charge is -2.20. The van der Waals surface area contributed by atoms with E-state index in [4.69, 9.17) is 25.2 Å². The lowest BCUT2D eigenvalue weighted by atomic mass is 10.1. The highest BCUT2D eigenvalue weighted by Gasteiger charge is 2.60. The number of aliphatic hydroxyl groups excluding tert-OH is 1. The minimum Gasteiger partial charge on any atom is -0.384 e. The first-order chi connectivity index (χ1) is 14.5. The van der Waals surface area contributed by atoms with Crippen LogP contribution in [0.1, 0.15) is 6.23 Å². The van der Waals surface area contributed by atoms with Crippen molar-refractivity contribution >= 4 is 40.4 Å². The molecule has 0 bridgehead atoms. The average Bonchev–Trinajstić information content (AvgIpc) is 3.11. The van der Waals surface area contributed by atoms with Gasteiger partial charge in [-0.1, -0.05) is 0 Å². The van der Waals surface area contributed by atoms with Gasteiger partial charge in [0.2, 0.25) is 6.23 Å². The zero-order chi connectivity index (χ0) is 24.1. The summed E-state index contributed by atoms with van der Waals surface area (Å²) in [6.45, 7) is -1.29. The fourth-order valence-corrected chi connectivity index (χ4v) is 5.65. The Morgan fingerprint density at radius 2 is 1.78 bits per heavy atom. The molecule has 0 radical (unpaired) electrons. The molecule has 2 unspecified atom stereocenters. The Kier molecular flexibility index (Phi) is 6.60. The van der Waals surface area contributed by atoms with Crippen molar-refractivity contribution in [3.8, 4) is 0 Å². The maximum atomic E-state index is 14.6. The van der Waals surface area contributed by atoms with E-state index in [1.807, 2.05) is 0 Å². The maximum absolute atomic E-state index is 14.6. The number of alkyl halides is 2. The molecule has 7 N–H and O–H groups in total. The lowest BCUT2D eigenvalue weighted by molar-refractivity contribution is -0.138. The Morgan fingerprint density at radius 1 is 1.12 bits per heavy atom. The van der Waals surface area contributed by atoms with Crippen molar-refractivity contribution in [2.75, 3.05) is 12.3 Å². The summed E-state index contributed by atoms with van der Waals surface area (Å²) in [4.78, 5) is 46.6. The van der Waals surface area contributed by atoms with Gasteiger partial charge in [-0.25, -0.2) is 28.6 Å². The number of anilines is 1. The summed E-state index contributed by atoms with van der Waals surface area (Å²) < 4.78 is 79.8. The van der Waals surface area contributed by atoms with Crippen LogP contribution in [0.25, 0.3) is 11.2 Å². The van der Waals surface area contributed by atoms with Crippen LogP contribution in [0.5, 0.6) is 0 Å². The molecule has 0 amide bonds. The largest absolute Gasteiger partial charge is 0.490 e. The van der Waals surface area contributed by atoms with Gasteiger partial charge < -0.3 is 35.2 Å². The number of rotatable bonds is 8. The predicted molar refractivity (Wildman–Crippen MR) is 94.4 cm³/mol. The number of halogens is 2. The predicted octanol–water partition coefficient (Wildman–Crippen LogP) is -0.355. The Bertz CT molecular complexity index is 1160. The molecule has 0 saturated carbocycles. The van der Waals surface area contributed by atoms with Gasteiger partial charge in [-0.05, 0) is 0 Å². The van der Waals surface area contributed by atoms with Crippen LogP contribution < -0.4 is 5.73 Å². The number of imidazole rings is 1. The molecule has 1 fully saturated rings. The highest BCUT2D eigenvalue weighted by atomic mass is 31.3. The SMILES string of the molecule is Nc1ncnc2c1ncn2[C@@H]1O[C@H](COP(=O)(O)OP(=O)(O)OP(=O)(O)O)[C@H](O)C1(F)F. The molecule has 5 atom stereocenters. The number of phosphoric acid groups is 3. The van der Waals surface area contributed by atoms with E-state index in [0.717, 1.165) is 17.2 Å². The molecule has 1 aliphatic heterocycles. The van der Waals surface area contributed by atoms with Gasteiger partial charge in [-0.2, -0.15) is 17.4 Å². The third-order valence-corrected chi connectivity index (χ3v) is 7.64. The molecule has 22 heteroatoms. The van der Waals surface area contributed by atoms with Crippen LogP contribution in [0.15, 0.2) is 12.7 Å². The number of aliphatic hydroxyl groups is 1. The van der Waals surface area contributed by atoms with Crippen molar-refractivity contribution < 1.29 is 65.0 Å². The van der Waals surface area contributed by atoms with Crippen molar-refractivity contribution in [1.29, 1.82) is 0 Å². The van der Waals surface area contributed by atoms with Crippen LogP contribution in [-0.4, -0.2) is 68.9 Å². The van der Waals surface area contributed by atoms with Gasteiger partial charge in [0.1, 0.15) is 17.9 Å². The Balaban J connectivity index is 1.74. The minimum atomic E-state index is -5.81. The summed E-state index contributed by atoms with van der Waals surface area (Å²) in [5, 5.41) is 9.90. The van der Waals surface area contributed by atoms with E-state index in [-0.39, 0.29) is 17.0 Å². The molecule has 3 rings (SSSR count). The van der Waals surface area contributed by atoms with Gasteiger partial charge in [0.05, 0.1) is 12.9 Å². The van der Waals surface area contributed by atoms with E-state index in [2.05, 4.69) is 28.1 Å². The smallest absolute Gasteiger partial charge is 0.384 e. The molecule has 17 nitrogen and oxygen atoms in total. The second-order valence-electron chi connectivity index (χ2n) is 6.12. The van der Waals surface area contributed by atoms with Crippen molar-refractivity contribution in [1.82, 2.24) is 19.5 Å². The van der Waals surface area contributed by atoms with Gasteiger partial charge in [0.25, 0.3) is 0 Å². The maximum Gasteiger partial charge on any atom is 0.490 e. The number of nitrogens with two attached hydrogens (primary N) is 1. The molecule has 3 heterocycles. The number of hydrogen-bond donors (Lipinski definition) is 6. The monoisotopic (exact) mass is 527 g/mol. The molecule has 180 valence electrons. The van der Waals surface area contributed by atoms with E-state index < -0.39 is 54.4 Å². The van der Waals surface area contributed by atoms with Gasteiger partial charge in [-0.15, -0.1) is 0 Å². The fraction of sp³-hybridized carbons (Fsp3) is 0.500. The summed E-state index contributed by atoms with van der Waals surface area (Å²) in [5.74, 6) is -4.14. The third kappa shape index (κ3) is 5.36. The van der Waals surface area contributed by atoms with Crippen molar-refractivity contribution in [2.24, 2.45) is 0 Å². The Hall–Kier alpha value is -1.46. The second-order valence-corrected chi connectivity index (χ2v) is 10.5. The highest BCUT2D eigenvalue weighted by molar-refractivity contribution is 7.66. The number of nitrogens with zero attached hydrogens (tertiary/aromatic N) is 4. The molecule has 2 aromatic rings. The van der Waals surface area contributed by atoms with E-state index in [1.54, 1.807) is 0 Å². The molecule has 1 aliphatic rings. The summed E-state index contributed by atoms with van der Waals surface area (Å²) in [6.07, 6.45) is -4.99. The van der Waals surface area contributed by atoms with E-state index in [0.29, 0.717) is 0 Å². The summed E-state index contributed by atoms with van der Waals surface area (Å²) >= 11 is 0. The standard InChI is InChI=1S/C10H14F2N5O12P3/c11-10(12)6(18)4(1-26-31(22,23)29-32(24,25)28-30(19,20)21)27-9(10)17-3-16-5-7(13)14-2-15-8(5)17/h2-4,6,9,18H,1H2,(H,22,23)(H,24,25)(H2,13,14,15)(H2,19,20,21)/t4-,6+,9-/m1/s1. The summed E-state index contributed by atoms with van der Waals surface area (Å²) in [5.41, 5.74) is 5.35. The quantitative estimate of drug-likeness (QED) is 0.240. The first-order valence-corrected chi connectivity index (χ1v) is 12.5. The number of aromatic nitrogens is 4. The van der Waals surface area contributed by atoms with Crippen LogP contribution >= 0.6 is 23.5 Å². The van der Waals surface area contributed by atoms with Crippen LogP contribution in [-0.2, 0) is 31.6 Å². The summed E-state index contributed by atoms with van der Waals surface area (Å²) in [6, 6.07) is 0. The Labute approximate surface area is 175 Å². The molecule has 2 aromatic heterocycles.